The number of H-pyrrole nitrogens is 1. The second kappa shape index (κ2) is 7.32. The lowest BCUT2D eigenvalue weighted by Crippen LogP contribution is -2.29. The summed E-state index contributed by atoms with van der Waals surface area (Å²) in [5.74, 6) is 1.10. The molecule has 5 nitrogen and oxygen atoms in total. The van der Waals surface area contributed by atoms with E-state index in [0.29, 0.717) is 16.6 Å². The van der Waals surface area contributed by atoms with Crippen molar-refractivity contribution in [1.29, 1.82) is 0 Å². The van der Waals surface area contributed by atoms with Crippen LogP contribution in [0.1, 0.15) is 47.2 Å². The zero-order chi connectivity index (χ0) is 19.8. The summed E-state index contributed by atoms with van der Waals surface area (Å²) >= 11 is 6.10. The topological polar surface area (TPSA) is 58.2 Å². The van der Waals surface area contributed by atoms with Crippen LogP contribution in [0.25, 0.3) is 0 Å². The Labute approximate surface area is 169 Å². The molecule has 1 unspecified atom stereocenters. The van der Waals surface area contributed by atoms with Gasteiger partial charge in [0.05, 0.1) is 18.8 Å². The first-order valence-corrected chi connectivity index (χ1v) is 9.67. The Balaban J connectivity index is 1.85. The Hall–Kier alpha value is -2.79. The summed E-state index contributed by atoms with van der Waals surface area (Å²) in [6.07, 6.45) is 0.805. The predicted octanol–water partition coefficient (Wildman–Crippen LogP) is 5.02. The fourth-order valence-electron chi connectivity index (χ4n) is 3.72. The van der Waals surface area contributed by atoms with E-state index in [9.17, 15) is 4.79 Å². The second-order valence-corrected chi connectivity index (χ2v) is 7.82. The lowest BCUT2D eigenvalue weighted by molar-refractivity contribution is 0.0988. The van der Waals surface area contributed by atoms with Crippen molar-refractivity contribution in [3.8, 4) is 5.75 Å². The molecule has 1 amide bonds. The number of anilines is 1. The third kappa shape index (κ3) is 3.16. The molecule has 1 N–H and O–H groups in total. The molecule has 0 spiro atoms. The smallest absolute Gasteiger partial charge is 0.277 e. The molecule has 28 heavy (non-hydrogen) atoms. The first kappa shape index (κ1) is 18.6. The Kier molecular flexibility index (Phi) is 4.85. The lowest BCUT2D eigenvalue weighted by atomic mass is 9.95. The molecule has 3 aromatic rings. The van der Waals surface area contributed by atoms with Gasteiger partial charge < -0.3 is 4.74 Å². The average molecular weight is 396 g/mol. The minimum absolute atomic E-state index is 0.0809. The minimum Gasteiger partial charge on any atom is -0.497 e. The third-order valence-corrected chi connectivity index (χ3v) is 5.24. The van der Waals surface area contributed by atoms with Crippen molar-refractivity contribution in [2.24, 2.45) is 5.92 Å². The first-order valence-electron chi connectivity index (χ1n) is 9.29. The first-order chi connectivity index (χ1) is 13.5. The van der Waals surface area contributed by atoms with Gasteiger partial charge in [-0.1, -0.05) is 37.6 Å². The van der Waals surface area contributed by atoms with E-state index in [4.69, 9.17) is 16.3 Å². The van der Waals surface area contributed by atoms with Gasteiger partial charge in [-0.25, -0.2) is 0 Å². The molecule has 0 saturated carbocycles. The maximum absolute atomic E-state index is 13.3. The molecule has 0 bridgehead atoms. The number of halogens is 1. The van der Waals surface area contributed by atoms with E-state index in [1.165, 1.54) is 0 Å². The van der Waals surface area contributed by atoms with Crippen molar-refractivity contribution < 1.29 is 9.53 Å². The Morgan fingerprint density at radius 3 is 2.43 bits per heavy atom. The second-order valence-electron chi connectivity index (χ2n) is 7.38. The predicted molar refractivity (Wildman–Crippen MR) is 110 cm³/mol. The van der Waals surface area contributed by atoms with Crippen LogP contribution in [-0.4, -0.2) is 23.2 Å². The summed E-state index contributed by atoms with van der Waals surface area (Å²) in [5.41, 5.74) is 4.27. The normalized spacial score (nSPS) is 16.0. The maximum Gasteiger partial charge on any atom is 0.277 e. The van der Waals surface area contributed by atoms with Gasteiger partial charge in [0, 0.05) is 16.3 Å². The van der Waals surface area contributed by atoms with Gasteiger partial charge in [0.1, 0.15) is 11.4 Å². The number of hydrogen-bond acceptors (Lipinski definition) is 3. The van der Waals surface area contributed by atoms with Crippen LogP contribution in [0.5, 0.6) is 5.75 Å². The van der Waals surface area contributed by atoms with Gasteiger partial charge in [-0.15, -0.1) is 0 Å². The Bertz CT molecular complexity index is 994. The van der Waals surface area contributed by atoms with Crippen molar-refractivity contribution in [3.63, 3.8) is 0 Å². The molecule has 6 heteroatoms. The van der Waals surface area contributed by atoms with Crippen LogP contribution in [0.2, 0.25) is 5.02 Å². The number of hydrogen-bond donors (Lipinski definition) is 1. The Morgan fingerprint density at radius 1 is 1.14 bits per heavy atom. The highest BCUT2D eigenvalue weighted by molar-refractivity contribution is 6.30. The molecule has 1 aromatic heterocycles. The molecule has 0 radical (unpaired) electrons. The highest BCUT2D eigenvalue weighted by Gasteiger charge is 2.42. The van der Waals surface area contributed by atoms with Crippen LogP contribution in [-0.2, 0) is 6.42 Å². The van der Waals surface area contributed by atoms with E-state index < -0.39 is 0 Å². The number of methoxy groups -OCH3 is 1. The number of fused-ring (bicyclic) bond motifs is 1. The standard InChI is InChI=1S/C22H22ClN3O2/c1-13(2)12-18-19-20(25-24-18)22(27)26(16-8-10-17(28-3)11-9-16)21(19)14-4-6-15(23)7-5-14/h4-11,13,21H,12H2,1-3H3,(H,24,25). The summed E-state index contributed by atoms with van der Waals surface area (Å²) < 4.78 is 5.26. The number of aromatic amines is 1. The van der Waals surface area contributed by atoms with Crippen molar-refractivity contribution in [3.05, 3.63) is 76.1 Å². The van der Waals surface area contributed by atoms with Gasteiger partial charge in [-0.2, -0.15) is 5.10 Å². The van der Waals surface area contributed by atoms with Crippen LogP contribution >= 0.6 is 11.6 Å². The van der Waals surface area contributed by atoms with Crippen molar-refractivity contribution >= 4 is 23.2 Å². The van der Waals surface area contributed by atoms with Crippen molar-refractivity contribution in [1.82, 2.24) is 10.2 Å². The molecule has 1 atom stereocenters. The quantitative estimate of drug-likeness (QED) is 0.659. The monoisotopic (exact) mass is 395 g/mol. The van der Waals surface area contributed by atoms with Gasteiger partial charge >= 0.3 is 0 Å². The number of benzene rings is 2. The van der Waals surface area contributed by atoms with Crippen LogP contribution < -0.4 is 9.64 Å². The number of carbonyl (C=O) groups excluding carboxylic acids is 1. The van der Waals surface area contributed by atoms with Crippen LogP contribution in [0.3, 0.4) is 0 Å². The molecule has 0 fully saturated rings. The van der Waals surface area contributed by atoms with E-state index in [-0.39, 0.29) is 11.9 Å². The number of ether oxygens (including phenoxy) is 1. The zero-order valence-electron chi connectivity index (χ0n) is 16.1. The van der Waals surface area contributed by atoms with Crippen molar-refractivity contribution in [2.75, 3.05) is 12.0 Å². The third-order valence-electron chi connectivity index (χ3n) is 4.99. The van der Waals surface area contributed by atoms with Gasteiger partial charge in [-0.05, 0) is 54.3 Å². The van der Waals surface area contributed by atoms with E-state index in [1.54, 1.807) is 7.11 Å². The SMILES string of the molecule is COc1ccc(N2C(=O)c3[nH]nc(CC(C)C)c3C2c2ccc(Cl)cc2)cc1. The number of nitrogens with zero attached hydrogens (tertiary/aromatic N) is 2. The summed E-state index contributed by atoms with van der Waals surface area (Å²) in [4.78, 5) is 15.1. The van der Waals surface area contributed by atoms with E-state index >= 15 is 0 Å². The van der Waals surface area contributed by atoms with Gasteiger partial charge in [0.2, 0.25) is 0 Å². The maximum atomic E-state index is 13.3. The van der Waals surface area contributed by atoms with E-state index in [2.05, 4.69) is 24.0 Å². The van der Waals surface area contributed by atoms with Gasteiger partial charge in [-0.3, -0.25) is 14.8 Å². The summed E-state index contributed by atoms with van der Waals surface area (Å²) in [6.45, 7) is 4.30. The molecular weight excluding hydrogens is 374 g/mol. The fraction of sp³-hybridized carbons (Fsp3) is 0.273. The van der Waals surface area contributed by atoms with Gasteiger partial charge in [0.25, 0.3) is 5.91 Å². The number of nitrogens with one attached hydrogen (secondary N) is 1. The van der Waals surface area contributed by atoms with Crippen LogP contribution in [0, 0.1) is 5.92 Å². The Morgan fingerprint density at radius 2 is 1.82 bits per heavy atom. The number of aromatic nitrogens is 2. The zero-order valence-corrected chi connectivity index (χ0v) is 16.8. The molecule has 1 aliphatic heterocycles. The van der Waals surface area contributed by atoms with Crippen LogP contribution in [0.4, 0.5) is 5.69 Å². The van der Waals surface area contributed by atoms with E-state index in [1.807, 2.05) is 53.4 Å². The number of amides is 1. The summed E-state index contributed by atoms with van der Waals surface area (Å²) in [6, 6.07) is 14.9. The van der Waals surface area contributed by atoms with Crippen molar-refractivity contribution in [2.45, 2.75) is 26.3 Å². The van der Waals surface area contributed by atoms with Crippen LogP contribution in [0.15, 0.2) is 48.5 Å². The largest absolute Gasteiger partial charge is 0.497 e. The minimum atomic E-state index is -0.249. The average Bonchev–Trinajstić information content (AvgIpc) is 3.21. The van der Waals surface area contributed by atoms with Gasteiger partial charge in [0.15, 0.2) is 0 Å². The fourth-order valence-corrected chi connectivity index (χ4v) is 3.85. The highest BCUT2D eigenvalue weighted by Crippen LogP contribution is 2.43. The molecule has 4 rings (SSSR count). The highest BCUT2D eigenvalue weighted by atomic mass is 35.5. The molecule has 1 aliphatic rings. The summed E-state index contributed by atoms with van der Waals surface area (Å²) in [7, 11) is 1.63. The number of carbonyl (C=O) groups is 1. The molecular formula is C22H22ClN3O2. The molecule has 0 saturated heterocycles. The van der Waals surface area contributed by atoms with E-state index in [0.717, 1.165) is 34.7 Å². The molecule has 2 heterocycles. The lowest BCUT2D eigenvalue weighted by Gasteiger charge is -2.27. The molecule has 144 valence electrons. The molecule has 0 aliphatic carbocycles. The molecule has 2 aromatic carbocycles. The summed E-state index contributed by atoms with van der Waals surface area (Å²) in [5, 5.41) is 8.11. The number of rotatable bonds is 5.